The highest BCUT2D eigenvalue weighted by atomic mass is 35.7. The van der Waals surface area contributed by atoms with Gasteiger partial charge in [0, 0.05) is 29.7 Å². The van der Waals surface area contributed by atoms with E-state index in [1.54, 1.807) is 6.07 Å². The molecule has 0 N–H and O–H groups in total. The number of anilines is 1. The summed E-state index contributed by atoms with van der Waals surface area (Å²) in [5, 5.41) is 2.87. The quantitative estimate of drug-likeness (QED) is 0.768. The molecule has 0 radical (unpaired) electrons. The van der Waals surface area contributed by atoms with Crippen LogP contribution in [0.15, 0.2) is 10.6 Å². The molecule has 0 aromatic carbocycles. The molecular formula is C9H11ClN2O4S. The Labute approximate surface area is 103 Å². The van der Waals surface area contributed by atoms with Gasteiger partial charge in [0.25, 0.3) is 0 Å². The second-order valence-corrected chi connectivity index (χ2v) is 6.72. The van der Waals surface area contributed by atoms with Gasteiger partial charge >= 0.3 is 0 Å². The van der Waals surface area contributed by atoms with Crippen molar-refractivity contribution >= 4 is 31.5 Å². The summed E-state index contributed by atoms with van der Waals surface area (Å²) >= 11 is 0. The average molecular weight is 279 g/mol. The Balaban J connectivity index is 2.21. The molecule has 2 heterocycles. The van der Waals surface area contributed by atoms with Crippen LogP contribution in [0.1, 0.15) is 19.0 Å². The first-order valence-electron chi connectivity index (χ1n) is 5.11. The van der Waals surface area contributed by atoms with Crippen LogP contribution in [0.3, 0.4) is 0 Å². The minimum Gasteiger partial charge on any atom is -0.338 e. The van der Waals surface area contributed by atoms with Crippen LogP contribution in [0.25, 0.3) is 0 Å². The van der Waals surface area contributed by atoms with Crippen molar-refractivity contribution in [3.8, 4) is 0 Å². The molecule has 1 fully saturated rings. The summed E-state index contributed by atoms with van der Waals surface area (Å²) in [6.07, 6.45) is 0.566. The molecule has 2 rings (SSSR count). The highest BCUT2D eigenvalue weighted by molar-refractivity contribution is 8.14. The van der Waals surface area contributed by atoms with Crippen molar-refractivity contribution in [1.29, 1.82) is 0 Å². The zero-order chi connectivity index (χ0) is 12.6. The molecule has 6 nitrogen and oxygen atoms in total. The minimum atomic E-state index is -3.73. The van der Waals surface area contributed by atoms with Crippen LogP contribution in [0.5, 0.6) is 0 Å². The summed E-state index contributed by atoms with van der Waals surface area (Å²) in [6, 6.07) is 1.63. The molecule has 0 saturated carbocycles. The zero-order valence-electron chi connectivity index (χ0n) is 9.09. The number of hydrogen-bond donors (Lipinski definition) is 0. The number of nitrogens with zero attached hydrogens (tertiary/aromatic N) is 2. The lowest BCUT2D eigenvalue weighted by molar-refractivity contribution is -0.117. The van der Waals surface area contributed by atoms with Crippen molar-refractivity contribution in [2.45, 2.75) is 25.0 Å². The smallest absolute Gasteiger partial charge is 0.237 e. The van der Waals surface area contributed by atoms with Gasteiger partial charge in [0.15, 0.2) is 0 Å². The Hall–Kier alpha value is -1.08. The van der Waals surface area contributed by atoms with Crippen molar-refractivity contribution in [2.24, 2.45) is 0 Å². The first-order chi connectivity index (χ1) is 7.91. The summed E-state index contributed by atoms with van der Waals surface area (Å²) in [7, 11) is 1.51. The second-order valence-electron chi connectivity index (χ2n) is 3.82. The predicted molar refractivity (Wildman–Crippen MR) is 61.4 cm³/mol. The number of amides is 1. The number of carbonyl (C=O) groups is 1. The fourth-order valence-corrected chi connectivity index (χ4v) is 2.70. The fraction of sp³-hybridized carbons (Fsp3) is 0.556. The van der Waals surface area contributed by atoms with E-state index in [-0.39, 0.29) is 24.8 Å². The summed E-state index contributed by atoms with van der Waals surface area (Å²) in [5.41, 5.74) is 0.713. The third kappa shape index (κ3) is 2.44. The minimum absolute atomic E-state index is 0.0169. The lowest BCUT2D eigenvalue weighted by atomic mass is 10.3. The van der Waals surface area contributed by atoms with Crippen molar-refractivity contribution in [2.75, 3.05) is 11.4 Å². The van der Waals surface area contributed by atoms with Crippen molar-refractivity contribution in [1.82, 2.24) is 5.16 Å². The molecule has 1 aliphatic heterocycles. The maximum absolute atomic E-state index is 11.6. The van der Waals surface area contributed by atoms with Crippen LogP contribution in [0, 0.1) is 0 Å². The van der Waals surface area contributed by atoms with Gasteiger partial charge in [0.1, 0.15) is 5.25 Å². The number of aryl methyl sites for hydroxylation is 1. The summed E-state index contributed by atoms with van der Waals surface area (Å²) in [6.45, 7) is 1.92. The highest BCUT2D eigenvalue weighted by Crippen LogP contribution is 2.27. The van der Waals surface area contributed by atoms with Gasteiger partial charge in [-0.05, 0) is 6.42 Å². The standard InChI is InChI=1S/C9H11ClN2O4S/c1-2-6-3-9(16-11-6)12-5-7(4-8(12)13)17(10,14)15/h3,7H,2,4-5H2,1H3. The van der Waals surface area contributed by atoms with Crippen LogP contribution >= 0.6 is 10.7 Å². The normalized spacial score (nSPS) is 21.2. The lowest BCUT2D eigenvalue weighted by Crippen LogP contribution is -2.26. The van der Waals surface area contributed by atoms with E-state index in [0.717, 1.165) is 0 Å². The lowest BCUT2D eigenvalue weighted by Gasteiger charge is -2.10. The number of hydrogen-bond acceptors (Lipinski definition) is 5. The van der Waals surface area contributed by atoms with E-state index in [4.69, 9.17) is 15.2 Å². The average Bonchev–Trinajstić information content (AvgIpc) is 2.82. The van der Waals surface area contributed by atoms with Crippen molar-refractivity contribution < 1.29 is 17.7 Å². The maximum atomic E-state index is 11.6. The Morgan fingerprint density at radius 2 is 2.35 bits per heavy atom. The molecule has 0 spiro atoms. The maximum Gasteiger partial charge on any atom is 0.237 e. The monoisotopic (exact) mass is 278 g/mol. The van der Waals surface area contributed by atoms with Gasteiger partial charge in [-0.2, -0.15) is 0 Å². The first kappa shape index (κ1) is 12.4. The van der Waals surface area contributed by atoms with Gasteiger partial charge in [0.2, 0.25) is 20.8 Å². The molecule has 0 aliphatic carbocycles. The molecule has 8 heteroatoms. The molecule has 1 amide bonds. The molecule has 1 saturated heterocycles. The van der Waals surface area contributed by atoms with Gasteiger partial charge in [0.05, 0.1) is 5.69 Å². The first-order valence-corrected chi connectivity index (χ1v) is 7.48. The third-order valence-electron chi connectivity index (χ3n) is 2.66. The molecular weight excluding hydrogens is 268 g/mol. The molecule has 1 aromatic heterocycles. The fourth-order valence-electron chi connectivity index (χ4n) is 1.67. The highest BCUT2D eigenvalue weighted by Gasteiger charge is 2.39. The zero-order valence-corrected chi connectivity index (χ0v) is 10.7. The number of rotatable bonds is 3. The second kappa shape index (κ2) is 4.30. The molecule has 17 heavy (non-hydrogen) atoms. The van der Waals surface area contributed by atoms with E-state index >= 15 is 0 Å². The molecule has 0 bridgehead atoms. The van der Waals surface area contributed by atoms with Crippen LogP contribution in [-0.2, 0) is 20.3 Å². The Morgan fingerprint density at radius 3 is 2.82 bits per heavy atom. The molecule has 94 valence electrons. The van der Waals surface area contributed by atoms with E-state index in [1.807, 2.05) is 6.92 Å². The van der Waals surface area contributed by atoms with E-state index in [0.29, 0.717) is 12.1 Å². The predicted octanol–water partition coefficient (Wildman–Crippen LogP) is 0.911. The largest absolute Gasteiger partial charge is 0.338 e. The number of carbonyl (C=O) groups excluding carboxylic acids is 1. The van der Waals surface area contributed by atoms with Crippen molar-refractivity contribution in [3.63, 3.8) is 0 Å². The van der Waals surface area contributed by atoms with Crippen LogP contribution < -0.4 is 4.90 Å². The topological polar surface area (TPSA) is 80.5 Å². The van der Waals surface area contributed by atoms with Crippen LogP contribution in [0.2, 0.25) is 0 Å². The summed E-state index contributed by atoms with van der Waals surface area (Å²) < 4.78 is 27.3. The van der Waals surface area contributed by atoms with Gasteiger partial charge in [-0.3, -0.25) is 9.69 Å². The SMILES string of the molecule is CCc1cc(N2CC(S(=O)(=O)Cl)CC2=O)on1. The number of aromatic nitrogens is 1. The van der Waals surface area contributed by atoms with Gasteiger partial charge in [-0.25, -0.2) is 8.42 Å². The van der Waals surface area contributed by atoms with Crippen molar-refractivity contribution in [3.05, 3.63) is 11.8 Å². The summed E-state index contributed by atoms with van der Waals surface area (Å²) in [4.78, 5) is 12.9. The Bertz CT molecular complexity index is 539. The Kier molecular flexibility index (Phi) is 3.13. The van der Waals surface area contributed by atoms with Crippen LogP contribution in [0.4, 0.5) is 5.88 Å². The van der Waals surface area contributed by atoms with Gasteiger partial charge < -0.3 is 4.52 Å². The van der Waals surface area contributed by atoms with E-state index in [9.17, 15) is 13.2 Å². The molecule has 1 aromatic rings. The Morgan fingerprint density at radius 1 is 1.65 bits per heavy atom. The van der Waals surface area contributed by atoms with Gasteiger partial charge in [-0.15, -0.1) is 0 Å². The van der Waals surface area contributed by atoms with Crippen LogP contribution in [-0.4, -0.2) is 31.3 Å². The van der Waals surface area contributed by atoms with Gasteiger partial charge in [-0.1, -0.05) is 12.1 Å². The molecule has 1 atom stereocenters. The third-order valence-corrected chi connectivity index (χ3v) is 4.53. The van der Waals surface area contributed by atoms with E-state index in [2.05, 4.69) is 5.16 Å². The number of halogens is 1. The molecule has 1 unspecified atom stereocenters. The van der Waals surface area contributed by atoms with E-state index < -0.39 is 14.3 Å². The molecule has 1 aliphatic rings. The van der Waals surface area contributed by atoms with E-state index in [1.165, 1.54) is 4.90 Å². The summed E-state index contributed by atoms with van der Waals surface area (Å²) in [5.74, 6) is -0.0484.